The molecular weight excluding hydrogens is 224 g/mol. The van der Waals surface area contributed by atoms with E-state index in [9.17, 15) is 15.2 Å². The van der Waals surface area contributed by atoms with E-state index in [0.717, 1.165) is 0 Å². The molecule has 1 heterocycles. The first-order chi connectivity index (χ1) is 8.13. The number of β-amino-alcohol motifs (C(OH)–C–C–N with tert-alkyl or cyclic N) is 1. The second-order valence-corrected chi connectivity index (χ2v) is 3.87. The fraction of sp³-hybridized carbons (Fsp3) is 0.455. The minimum atomic E-state index is -0.439. The molecule has 0 bridgehead atoms. The Morgan fingerprint density at radius 3 is 2.82 bits per heavy atom. The van der Waals surface area contributed by atoms with Gasteiger partial charge >= 0.3 is 5.69 Å². The summed E-state index contributed by atoms with van der Waals surface area (Å²) in [6.45, 7) is 3.02. The number of rotatable bonds is 4. The zero-order valence-electron chi connectivity index (χ0n) is 9.50. The lowest BCUT2D eigenvalue weighted by atomic mass is 10.1. The number of aliphatic hydroxyl groups is 1. The second kappa shape index (κ2) is 4.58. The van der Waals surface area contributed by atoms with Gasteiger partial charge in [-0.25, -0.2) is 0 Å². The number of ether oxygens (including phenoxy) is 1. The van der Waals surface area contributed by atoms with Gasteiger partial charge < -0.3 is 14.7 Å². The first kappa shape index (κ1) is 11.7. The summed E-state index contributed by atoms with van der Waals surface area (Å²) in [6.07, 6.45) is -0.398. The van der Waals surface area contributed by atoms with Crippen molar-refractivity contribution in [3.8, 4) is 5.75 Å². The van der Waals surface area contributed by atoms with Crippen molar-refractivity contribution in [1.29, 1.82) is 0 Å². The van der Waals surface area contributed by atoms with E-state index in [4.69, 9.17) is 4.74 Å². The van der Waals surface area contributed by atoms with Crippen LogP contribution in [-0.4, -0.2) is 35.8 Å². The number of aliphatic hydroxyl groups excluding tert-OH is 1. The molecule has 0 aliphatic carbocycles. The first-order valence-electron chi connectivity index (χ1n) is 5.46. The Morgan fingerprint density at radius 2 is 2.29 bits per heavy atom. The third-order valence-corrected chi connectivity index (χ3v) is 2.66. The number of nitrogens with zero attached hydrogens (tertiary/aromatic N) is 2. The number of hydrogen-bond acceptors (Lipinski definition) is 5. The largest absolute Gasteiger partial charge is 0.487 e. The molecule has 0 spiro atoms. The SMILES string of the molecule is CCOc1cccc(N2CC(O)C2)c1[N+](=O)[O-]. The lowest BCUT2D eigenvalue weighted by Crippen LogP contribution is -2.51. The Bertz CT molecular complexity index is 429. The van der Waals surface area contributed by atoms with Crippen molar-refractivity contribution in [3.05, 3.63) is 28.3 Å². The van der Waals surface area contributed by atoms with Crippen LogP contribution in [0.5, 0.6) is 5.75 Å². The van der Waals surface area contributed by atoms with Crippen molar-refractivity contribution in [1.82, 2.24) is 0 Å². The van der Waals surface area contributed by atoms with Crippen molar-refractivity contribution in [2.45, 2.75) is 13.0 Å². The van der Waals surface area contributed by atoms with Crippen LogP contribution in [0.3, 0.4) is 0 Å². The predicted octanol–water partition coefficient (Wildman–Crippen LogP) is 1.17. The van der Waals surface area contributed by atoms with Crippen molar-refractivity contribution < 1.29 is 14.8 Å². The molecule has 2 rings (SSSR count). The Hall–Kier alpha value is -1.82. The van der Waals surface area contributed by atoms with Crippen LogP contribution in [0.4, 0.5) is 11.4 Å². The molecule has 6 heteroatoms. The van der Waals surface area contributed by atoms with Crippen LogP contribution in [0, 0.1) is 10.1 Å². The molecule has 1 aromatic rings. The molecule has 6 nitrogen and oxygen atoms in total. The molecule has 0 amide bonds. The minimum Gasteiger partial charge on any atom is -0.487 e. The third-order valence-electron chi connectivity index (χ3n) is 2.66. The summed E-state index contributed by atoms with van der Waals surface area (Å²) in [4.78, 5) is 12.4. The van der Waals surface area contributed by atoms with Crippen molar-refractivity contribution in [3.63, 3.8) is 0 Å². The first-order valence-corrected chi connectivity index (χ1v) is 5.46. The van der Waals surface area contributed by atoms with Gasteiger partial charge in [-0.1, -0.05) is 6.07 Å². The van der Waals surface area contributed by atoms with Crippen molar-refractivity contribution >= 4 is 11.4 Å². The number of para-hydroxylation sites is 1. The highest BCUT2D eigenvalue weighted by Crippen LogP contribution is 2.38. The van der Waals surface area contributed by atoms with E-state index in [-0.39, 0.29) is 11.4 Å². The van der Waals surface area contributed by atoms with Crippen LogP contribution in [-0.2, 0) is 0 Å². The van der Waals surface area contributed by atoms with E-state index in [1.54, 1.807) is 30.0 Å². The summed E-state index contributed by atoms with van der Waals surface area (Å²) in [6, 6.07) is 4.98. The van der Waals surface area contributed by atoms with Crippen molar-refractivity contribution in [2.24, 2.45) is 0 Å². The van der Waals surface area contributed by atoms with Gasteiger partial charge in [0.25, 0.3) is 0 Å². The maximum atomic E-state index is 11.1. The van der Waals surface area contributed by atoms with Crippen LogP contribution in [0.15, 0.2) is 18.2 Å². The summed E-state index contributed by atoms with van der Waals surface area (Å²) in [5.74, 6) is 0.274. The van der Waals surface area contributed by atoms with E-state index in [0.29, 0.717) is 25.4 Å². The van der Waals surface area contributed by atoms with Crippen molar-refractivity contribution in [2.75, 3.05) is 24.6 Å². The molecule has 0 radical (unpaired) electrons. The zero-order chi connectivity index (χ0) is 12.4. The molecule has 17 heavy (non-hydrogen) atoms. The molecule has 0 atom stereocenters. The summed E-state index contributed by atoms with van der Waals surface area (Å²) >= 11 is 0. The van der Waals surface area contributed by atoms with Gasteiger partial charge in [0.1, 0.15) is 5.69 Å². The van der Waals surface area contributed by atoms with Gasteiger partial charge in [0, 0.05) is 13.1 Å². The normalized spacial score (nSPS) is 15.5. The van der Waals surface area contributed by atoms with Gasteiger partial charge in [0.2, 0.25) is 0 Å². The summed E-state index contributed by atoms with van der Waals surface area (Å²) in [5, 5.41) is 20.3. The van der Waals surface area contributed by atoms with E-state index in [1.807, 2.05) is 0 Å². The average molecular weight is 238 g/mol. The van der Waals surface area contributed by atoms with Crippen LogP contribution >= 0.6 is 0 Å². The van der Waals surface area contributed by atoms with Gasteiger partial charge in [-0.15, -0.1) is 0 Å². The van der Waals surface area contributed by atoms with E-state index in [2.05, 4.69) is 0 Å². The highest BCUT2D eigenvalue weighted by atomic mass is 16.6. The molecule has 0 saturated carbocycles. The van der Waals surface area contributed by atoms with Gasteiger partial charge in [-0.05, 0) is 19.1 Å². The van der Waals surface area contributed by atoms with Gasteiger partial charge in [0.05, 0.1) is 17.6 Å². The average Bonchev–Trinajstić information content (AvgIpc) is 2.24. The number of nitro groups is 1. The van der Waals surface area contributed by atoms with Gasteiger partial charge in [-0.3, -0.25) is 10.1 Å². The smallest absolute Gasteiger partial charge is 0.333 e. The molecule has 1 aliphatic heterocycles. The maximum absolute atomic E-state index is 11.1. The quantitative estimate of drug-likeness (QED) is 0.629. The molecule has 0 aromatic heterocycles. The van der Waals surface area contributed by atoms with Crippen LogP contribution in [0.25, 0.3) is 0 Å². The maximum Gasteiger partial charge on any atom is 0.333 e. The van der Waals surface area contributed by atoms with E-state index < -0.39 is 11.0 Å². The molecule has 1 aliphatic rings. The number of anilines is 1. The Morgan fingerprint density at radius 1 is 1.59 bits per heavy atom. The summed E-state index contributed by atoms with van der Waals surface area (Å²) in [7, 11) is 0. The molecular formula is C11H14N2O4. The predicted molar refractivity (Wildman–Crippen MR) is 62.5 cm³/mol. The monoisotopic (exact) mass is 238 g/mol. The third kappa shape index (κ3) is 2.16. The number of benzene rings is 1. The molecule has 1 fully saturated rings. The zero-order valence-corrected chi connectivity index (χ0v) is 9.50. The fourth-order valence-electron chi connectivity index (χ4n) is 1.87. The number of hydrogen-bond donors (Lipinski definition) is 1. The summed E-state index contributed by atoms with van der Waals surface area (Å²) in [5.41, 5.74) is 0.479. The van der Waals surface area contributed by atoms with E-state index >= 15 is 0 Å². The lowest BCUT2D eigenvalue weighted by molar-refractivity contribution is -0.385. The Kier molecular flexibility index (Phi) is 3.14. The Labute approximate surface area is 98.6 Å². The molecule has 0 unspecified atom stereocenters. The standard InChI is InChI=1S/C11H14N2O4/c1-2-17-10-5-3-4-9(11(10)13(15)16)12-6-8(14)7-12/h3-5,8,14H,2,6-7H2,1H3. The highest BCUT2D eigenvalue weighted by Gasteiger charge is 2.32. The van der Waals surface area contributed by atoms with E-state index in [1.165, 1.54) is 0 Å². The topological polar surface area (TPSA) is 75.8 Å². The fourth-order valence-corrected chi connectivity index (χ4v) is 1.87. The van der Waals surface area contributed by atoms with Crippen LogP contribution in [0.2, 0.25) is 0 Å². The Balaban J connectivity index is 2.36. The van der Waals surface area contributed by atoms with Crippen LogP contribution < -0.4 is 9.64 Å². The molecule has 1 N–H and O–H groups in total. The van der Waals surface area contributed by atoms with Gasteiger partial charge in [-0.2, -0.15) is 0 Å². The lowest BCUT2D eigenvalue weighted by Gasteiger charge is -2.37. The summed E-state index contributed by atoms with van der Waals surface area (Å²) < 4.78 is 5.25. The second-order valence-electron chi connectivity index (χ2n) is 3.87. The highest BCUT2D eigenvalue weighted by molar-refractivity contribution is 5.70. The molecule has 1 aromatic carbocycles. The van der Waals surface area contributed by atoms with Crippen LogP contribution in [0.1, 0.15) is 6.92 Å². The minimum absolute atomic E-state index is 0.0266. The molecule has 92 valence electrons. The molecule has 1 saturated heterocycles. The number of nitro benzene ring substituents is 1. The van der Waals surface area contributed by atoms with Gasteiger partial charge in [0.15, 0.2) is 5.75 Å².